The molecule has 0 unspecified atom stereocenters. The van der Waals surface area contributed by atoms with E-state index in [0.717, 1.165) is 44.2 Å². The predicted molar refractivity (Wildman–Crippen MR) is 111 cm³/mol. The van der Waals surface area contributed by atoms with Crippen molar-refractivity contribution in [2.75, 3.05) is 31.1 Å². The Morgan fingerprint density at radius 3 is 2.30 bits per heavy atom. The highest BCUT2D eigenvalue weighted by Gasteiger charge is 2.38. The van der Waals surface area contributed by atoms with Crippen LogP contribution in [0.5, 0.6) is 0 Å². The molecule has 0 spiro atoms. The van der Waals surface area contributed by atoms with E-state index in [9.17, 15) is 4.39 Å². The highest BCUT2D eigenvalue weighted by molar-refractivity contribution is 7.13. The van der Waals surface area contributed by atoms with Crippen LogP contribution in [0.2, 0.25) is 0 Å². The van der Waals surface area contributed by atoms with Crippen LogP contribution in [-0.2, 0) is 5.41 Å². The molecule has 2 heterocycles. The Bertz CT molecular complexity index is 741. The number of aromatic nitrogens is 1. The lowest BCUT2D eigenvalue weighted by Crippen LogP contribution is -2.48. The number of thiazole rings is 1. The third-order valence-electron chi connectivity index (χ3n) is 6.40. The van der Waals surface area contributed by atoms with Crippen molar-refractivity contribution >= 4 is 16.5 Å². The van der Waals surface area contributed by atoms with Crippen molar-refractivity contribution in [1.82, 2.24) is 9.88 Å². The lowest BCUT2D eigenvalue weighted by molar-refractivity contribution is 0.209. The minimum atomic E-state index is -0.160. The smallest absolute Gasteiger partial charge is 0.185 e. The Kier molecular flexibility index (Phi) is 5.51. The molecular weight excluding hydrogens is 357 g/mol. The van der Waals surface area contributed by atoms with E-state index >= 15 is 0 Å². The standard InChI is InChI=1S/C22H30FN3S/c1-17(2)25-12-14-26(15-13-25)21-24-20(16-27-21)22(10-4-3-5-11-22)18-6-8-19(23)9-7-18/h6-9,16-17H,3-5,10-15H2,1-2H3. The summed E-state index contributed by atoms with van der Waals surface area (Å²) in [7, 11) is 0. The molecule has 146 valence electrons. The largest absolute Gasteiger partial charge is 0.346 e. The van der Waals surface area contributed by atoms with Gasteiger partial charge >= 0.3 is 0 Å². The molecule has 5 heteroatoms. The molecule has 0 radical (unpaired) electrons. The molecule has 1 aromatic heterocycles. The lowest BCUT2D eigenvalue weighted by Gasteiger charge is -2.38. The molecule has 0 bridgehead atoms. The number of halogens is 1. The first-order valence-corrected chi connectivity index (χ1v) is 11.2. The third kappa shape index (κ3) is 3.77. The summed E-state index contributed by atoms with van der Waals surface area (Å²) >= 11 is 1.78. The predicted octanol–water partition coefficient (Wildman–Crippen LogP) is 5.06. The van der Waals surface area contributed by atoms with Crippen LogP contribution in [-0.4, -0.2) is 42.1 Å². The number of piperazine rings is 1. The number of benzene rings is 1. The minimum Gasteiger partial charge on any atom is -0.346 e. The van der Waals surface area contributed by atoms with Gasteiger partial charge in [-0.15, -0.1) is 11.3 Å². The van der Waals surface area contributed by atoms with Crippen LogP contribution in [0.4, 0.5) is 9.52 Å². The van der Waals surface area contributed by atoms with Gasteiger partial charge in [-0.1, -0.05) is 31.4 Å². The van der Waals surface area contributed by atoms with E-state index in [-0.39, 0.29) is 11.2 Å². The second kappa shape index (κ2) is 7.88. The van der Waals surface area contributed by atoms with Gasteiger partial charge in [0.25, 0.3) is 0 Å². The normalized spacial score (nSPS) is 21.0. The average Bonchev–Trinajstić information content (AvgIpc) is 3.20. The fraction of sp³-hybridized carbons (Fsp3) is 0.591. The molecule has 3 nitrogen and oxygen atoms in total. The summed E-state index contributed by atoms with van der Waals surface area (Å²) in [6.07, 6.45) is 5.96. The Morgan fingerprint density at radius 1 is 1.00 bits per heavy atom. The molecule has 1 saturated carbocycles. The molecule has 1 aliphatic carbocycles. The molecule has 0 amide bonds. The Labute approximate surface area is 166 Å². The molecular formula is C22H30FN3S. The third-order valence-corrected chi connectivity index (χ3v) is 7.30. The van der Waals surface area contributed by atoms with Gasteiger partial charge < -0.3 is 4.90 Å². The molecule has 1 aromatic carbocycles. The Morgan fingerprint density at radius 2 is 1.67 bits per heavy atom. The topological polar surface area (TPSA) is 19.4 Å². The first-order chi connectivity index (χ1) is 13.1. The molecule has 0 N–H and O–H groups in total. The summed E-state index contributed by atoms with van der Waals surface area (Å²) in [5.41, 5.74) is 2.38. The maximum Gasteiger partial charge on any atom is 0.185 e. The highest BCUT2D eigenvalue weighted by atomic mass is 32.1. The van der Waals surface area contributed by atoms with E-state index < -0.39 is 0 Å². The molecule has 1 aliphatic heterocycles. The van der Waals surface area contributed by atoms with E-state index in [1.165, 1.54) is 30.5 Å². The summed E-state index contributed by atoms with van der Waals surface area (Å²) in [5, 5.41) is 3.42. The fourth-order valence-corrected chi connectivity index (χ4v) is 5.65. The van der Waals surface area contributed by atoms with Crippen LogP contribution in [0, 0.1) is 5.82 Å². The summed E-state index contributed by atoms with van der Waals surface area (Å²) in [5.74, 6) is -0.160. The lowest BCUT2D eigenvalue weighted by atomic mass is 9.67. The van der Waals surface area contributed by atoms with Gasteiger partial charge in [-0.05, 0) is 44.4 Å². The Balaban J connectivity index is 1.58. The van der Waals surface area contributed by atoms with Gasteiger partial charge in [-0.25, -0.2) is 9.37 Å². The van der Waals surface area contributed by atoms with Crippen molar-refractivity contribution in [2.45, 2.75) is 57.4 Å². The summed E-state index contributed by atoms with van der Waals surface area (Å²) in [6, 6.07) is 7.76. The molecule has 0 atom stereocenters. The summed E-state index contributed by atoms with van der Waals surface area (Å²) < 4.78 is 13.5. The van der Waals surface area contributed by atoms with Gasteiger partial charge in [0.2, 0.25) is 0 Å². The first-order valence-electron chi connectivity index (χ1n) is 10.3. The second-order valence-electron chi connectivity index (χ2n) is 8.28. The van der Waals surface area contributed by atoms with Crippen molar-refractivity contribution in [2.24, 2.45) is 0 Å². The van der Waals surface area contributed by atoms with Crippen LogP contribution in [0.3, 0.4) is 0 Å². The second-order valence-corrected chi connectivity index (χ2v) is 9.12. The van der Waals surface area contributed by atoms with Gasteiger partial charge in [-0.3, -0.25) is 4.90 Å². The van der Waals surface area contributed by atoms with Gasteiger partial charge in [0, 0.05) is 43.0 Å². The maximum absolute atomic E-state index is 13.5. The van der Waals surface area contributed by atoms with Crippen LogP contribution in [0.15, 0.2) is 29.6 Å². The van der Waals surface area contributed by atoms with E-state index in [2.05, 4.69) is 29.0 Å². The number of hydrogen-bond acceptors (Lipinski definition) is 4. The van der Waals surface area contributed by atoms with E-state index in [1.54, 1.807) is 23.5 Å². The monoisotopic (exact) mass is 387 g/mol. The number of nitrogens with zero attached hydrogens (tertiary/aromatic N) is 3. The van der Waals surface area contributed by atoms with Crippen LogP contribution < -0.4 is 4.90 Å². The van der Waals surface area contributed by atoms with E-state index in [0.29, 0.717) is 6.04 Å². The zero-order valence-corrected chi connectivity index (χ0v) is 17.3. The Hall–Kier alpha value is -1.46. The SMILES string of the molecule is CC(C)N1CCN(c2nc(C3(c4ccc(F)cc4)CCCCC3)cs2)CC1. The quantitative estimate of drug-likeness (QED) is 0.731. The van der Waals surface area contributed by atoms with Gasteiger partial charge in [0.05, 0.1) is 5.69 Å². The molecule has 2 aromatic rings. The summed E-state index contributed by atoms with van der Waals surface area (Å²) in [6.45, 7) is 8.86. The number of anilines is 1. The van der Waals surface area contributed by atoms with E-state index in [1.807, 2.05) is 12.1 Å². The van der Waals surface area contributed by atoms with Crippen LogP contribution >= 0.6 is 11.3 Å². The van der Waals surface area contributed by atoms with Crippen molar-refractivity contribution < 1.29 is 4.39 Å². The van der Waals surface area contributed by atoms with Gasteiger partial charge in [0.1, 0.15) is 5.82 Å². The van der Waals surface area contributed by atoms with Crippen molar-refractivity contribution in [3.8, 4) is 0 Å². The molecule has 4 rings (SSSR count). The van der Waals surface area contributed by atoms with Crippen molar-refractivity contribution in [1.29, 1.82) is 0 Å². The maximum atomic E-state index is 13.5. The van der Waals surface area contributed by atoms with Crippen molar-refractivity contribution in [3.05, 3.63) is 46.7 Å². The zero-order chi connectivity index (χ0) is 18.9. The number of rotatable bonds is 4. The molecule has 2 aliphatic rings. The highest BCUT2D eigenvalue weighted by Crippen LogP contribution is 2.45. The fourth-order valence-electron chi connectivity index (χ4n) is 4.68. The minimum absolute atomic E-state index is 0.0412. The van der Waals surface area contributed by atoms with Crippen LogP contribution in [0.25, 0.3) is 0 Å². The first kappa shape index (κ1) is 18.9. The summed E-state index contributed by atoms with van der Waals surface area (Å²) in [4.78, 5) is 10.1. The zero-order valence-electron chi connectivity index (χ0n) is 16.5. The average molecular weight is 388 g/mol. The van der Waals surface area contributed by atoms with E-state index in [4.69, 9.17) is 4.98 Å². The number of hydrogen-bond donors (Lipinski definition) is 0. The van der Waals surface area contributed by atoms with Gasteiger partial charge in [0.15, 0.2) is 5.13 Å². The van der Waals surface area contributed by atoms with Crippen LogP contribution in [0.1, 0.15) is 57.2 Å². The molecule has 2 fully saturated rings. The molecule has 1 saturated heterocycles. The van der Waals surface area contributed by atoms with Crippen molar-refractivity contribution in [3.63, 3.8) is 0 Å². The molecule has 27 heavy (non-hydrogen) atoms. The van der Waals surface area contributed by atoms with Gasteiger partial charge in [-0.2, -0.15) is 0 Å².